The van der Waals surface area contributed by atoms with Crippen LogP contribution in [0.25, 0.3) is 0 Å². The molecule has 0 saturated carbocycles. The van der Waals surface area contributed by atoms with Crippen LogP contribution in [0.1, 0.15) is 0 Å². The van der Waals surface area contributed by atoms with Gasteiger partial charge in [0.1, 0.15) is 6.29 Å². The van der Waals surface area contributed by atoms with Gasteiger partial charge in [0.25, 0.3) is 0 Å². The number of hydrogen-bond donors (Lipinski definition) is 1. The second-order valence-electron chi connectivity index (χ2n) is 3.11. The van der Waals surface area contributed by atoms with Crippen molar-refractivity contribution in [3.63, 3.8) is 0 Å². The van der Waals surface area contributed by atoms with Gasteiger partial charge in [-0.05, 0) is 21.1 Å². The Hall–Kier alpha value is -0.0600. The van der Waals surface area contributed by atoms with Crippen molar-refractivity contribution >= 4 is 18.0 Å². The molecule has 1 unspecified atom stereocenters. The molecule has 0 aromatic rings. The average molecular weight is 190 g/mol. The molecule has 72 valence electrons. The highest BCUT2D eigenvalue weighted by molar-refractivity contribution is 7.99. The largest absolute Gasteiger partial charge is 0.312 e. The first-order valence-corrected chi connectivity index (χ1v) is 5.19. The topological polar surface area (TPSA) is 32.3 Å². The lowest BCUT2D eigenvalue weighted by molar-refractivity contribution is -0.109. The molecule has 0 radical (unpaired) electrons. The fraction of sp³-hybridized carbons (Fsp3) is 0.875. The van der Waals surface area contributed by atoms with Crippen molar-refractivity contribution in [3.8, 4) is 0 Å². The summed E-state index contributed by atoms with van der Waals surface area (Å²) in [5.74, 6) is 2.09. The molecule has 0 spiro atoms. The van der Waals surface area contributed by atoms with Gasteiger partial charge >= 0.3 is 0 Å². The van der Waals surface area contributed by atoms with Crippen molar-refractivity contribution in [2.75, 3.05) is 39.2 Å². The molecule has 1 heterocycles. The SMILES string of the molecule is CN(C)C.O=CC1CSCCN1. The van der Waals surface area contributed by atoms with E-state index in [4.69, 9.17) is 0 Å². The van der Waals surface area contributed by atoms with Gasteiger partial charge in [0.05, 0.1) is 6.04 Å². The van der Waals surface area contributed by atoms with E-state index in [-0.39, 0.29) is 6.04 Å². The minimum absolute atomic E-state index is 0.119. The van der Waals surface area contributed by atoms with Crippen LogP contribution in [0.15, 0.2) is 0 Å². The Morgan fingerprint density at radius 2 is 2.08 bits per heavy atom. The van der Waals surface area contributed by atoms with Gasteiger partial charge in [-0.15, -0.1) is 0 Å². The van der Waals surface area contributed by atoms with Crippen LogP contribution in [-0.2, 0) is 4.79 Å². The third-order valence-corrected chi connectivity index (χ3v) is 2.20. The van der Waals surface area contributed by atoms with Gasteiger partial charge < -0.3 is 15.0 Å². The molecule has 1 N–H and O–H groups in total. The summed E-state index contributed by atoms with van der Waals surface area (Å²) in [7, 11) is 6.00. The van der Waals surface area contributed by atoms with Crippen molar-refractivity contribution in [1.82, 2.24) is 10.2 Å². The maximum Gasteiger partial charge on any atom is 0.137 e. The summed E-state index contributed by atoms with van der Waals surface area (Å²) in [5.41, 5.74) is 0. The Morgan fingerprint density at radius 3 is 2.33 bits per heavy atom. The lowest BCUT2D eigenvalue weighted by Crippen LogP contribution is -2.38. The van der Waals surface area contributed by atoms with Gasteiger partial charge in [-0.3, -0.25) is 0 Å². The van der Waals surface area contributed by atoms with E-state index >= 15 is 0 Å². The van der Waals surface area contributed by atoms with E-state index in [1.807, 2.05) is 37.8 Å². The van der Waals surface area contributed by atoms with E-state index in [9.17, 15) is 4.79 Å². The molecule has 12 heavy (non-hydrogen) atoms. The Balaban J connectivity index is 0.000000261. The lowest BCUT2D eigenvalue weighted by atomic mass is 10.4. The molecule has 0 amide bonds. The molecular weight excluding hydrogens is 172 g/mol. The predicted octanol–water partition coefficient (Wildman–Crippen LogP) is 0.0681. The molecule has 1 saturated heterocycles. The van der Waals surface area contributed by atoms with Gasteiger partial charge in [-0.25, -0.2) is 0 Å². The molecular formula is C8H18N2OS. The number of nitrogens with one attached hydrogen (secondary N) is 1. The number of rotatable bonds is 1. The summed E-state index contributed by atoms with van der Waals surface area (Å²) in [6.45, 7) is 0.980. The summed E-state index contributed by atoms with van der Waals surface area (Å²) in [5, 5.41) is 3.08. The number of aldehydes is 1. The predicted molar refractivity (Wildman–Crippen MR) is 54.8 cm³/mol. The zero-order valence-corrected chi connectivity index (χ0v) is 8.86. The lowest BCUT2D eigenvalue weighted by Gasteiger charge is -2.16. The van der Waals surface area contributed by atoms with Crippen LogP contribution in [0.3, 0.4) is 0 Å². The van der Waals surface area contributed by atoms with Crippen LogP contribution >= 0.6 is 11.8 Å². The monoisotopic (exact) mass is 190 g/mol. The van der Waals surface area contributed by atoms with Crippen LogP contribution < -0.4 is 5.32 Å². The fourth-order valence-corrected chi connectivity index (χ4v) is 1.55. The second kappa shape index (κ2) is 7.58. The van der Waals surface area contributed by atoms with E-state index in [0.717, 1.165) is 24.3 Å². The highest BCUT2D eigenvalue weighted by atomic mass is 32.2. The molecule has 1 fully saturated rings. The summed E-state index contributed by atoms with van der Waals surface area (Å²) >= 11 is 1.83. The summed E-state index contributed by atoms with van der Waals surface area (Å²) < 4.78 is 0. The van der Waals surface area contributed by atoms with E-state index in [2.05, 4.69) is 5.32 Å². The van der Waals surface area contributed by atoms with Gasteiger partial charge in [-0.2, -0.15) is 11.8 Å². The number of carbonyl (C=O) groups is 1. The Morgan fingerprint density at radius 1 is 1.50 bits per heavy atom. The average Bonchev–Trinajstić information content (AvgIpc) is 2.05. The van der Waals surface area contributed by atoms with Crippen LogP contribution in [0.4, 0.5) is 0 Å². The number of carbonyl (C=O) groups excluding carboxylic acids is 1. The third kappa shape index (κ3) is 8.04. The van der Waals surface area contributed by atoms with Crippen LogP contribution in [-0.4, -0.2) is 56.4 Å². The molecule has 1 atom stereocenters. The van der Waals surface area contributed by atoms with Gasteiger partial charge in [0.15, 0.2) is 0 Å². The molecule has 1 rings (SSSR count). The van der Waals surface area contributed by atoms with E-state index in [1.54, 1.807) is 0 Å². The molecule has 0 aromatic carbocycles. The number of nitrogens with zero attached hydrogens (tertiary/aromatic N) is 1. The van der Waals surface area contributed by atoms with Crippen molar-refractivity contribution < 1.29 is 4.79 Å². The molecule has 1 aliphatic rings. The second-order valence-corrected chi connectivity index (χ2v) is 4.26. The van der Waals surface area contributed by atoms with Crippen molar-refractivity contribution in [3.05, 3.63) is 0 Å². The van der Waals surface area contributed by atoms with Gasteiger partial charge in [0, 0.05) is 18.1 Å². The molecule has 3 nitrogen and oxygen atoms in total. The third-order valence-electron chi connectivity index (χ3n) is 1.11. The van der Waals surface area contributed by atoms with E-state index < -0.39 is 0 Å². The maximum absolute atomic E-state index is 10.1. The standard InChI is InChI=1S/C5H9NOS.C3H9N/c7-3-5-4-8-2-1-6-5;1-4(2)3/h3,5-6H,1-2,4H2;1-3H3. The van der Waals surface area contributed by atoms with Crippen LogP contribution in [0, 0.1) is 0 Å². The smallest absolute Gasteiger partial charge is 0.137 e. The minimum Gasteiger partial charge on any atom is -0.312 e. The highest BCUT2D eigenvalue weighted by Crippen LogP contribution is 2.04. The Labute approximate surface area is 78.9 Å². The van der Waals surface area contributed by atoms with Gasteiger partial charge in [-0.1, -0.05) is 0 Å². The van der Waals surface area contributed by atoms with Crippen molar-refractivity contribution in [2.45, 2.75) is 6.04 Å². The molecule has 1 aliphatic heterocycles. The molecule has 4 heteroatoms. The zero-order valence-electron chi connectivity index (χ0n) is 8.04. The number of thioether (sulfide) groups is 1. The Bertz CT molecular complexity index is 111. The van der Waals surface area contributed by atoms with Crippen LogP contribution in [0.5, 0.6) is 0 Å². The first kappa shape index (κ1) is 11.9. The van der Waals surface area contributed by atoms with Crippen LogP contribution in [0.2, 0.25) is 0 Å². The Kier molecular flexibility index (Phi) is 7.54. The zero-order chi connectivity index (χ0) is 9.40. The summed E-state index contributed by atoms with van der Waals surface area (Å²) in [4.78, 5) is 12.1. The van der Waals surface area contributed by atoms with E-state index in [1.165, 1.54) is 0 Å². The quantitative estimate of drug-likeness (QED) is 0.593. The highest BCUT2D eigenvalue weighted by Gasteiger charge is 2.09. The van der Waals surface area contributed by atoms with Gasteiger partial charge in [0.2, 0.25) is 0 Å². The molecule has 0 bridgehead atoms. The maximum atomic E-state index is 10.1. The summed E-state index contributed by atoms with van der Waals surface area (Å²) in [6, 6.07) is 0.119. The summed E-state index contributed by atoms with van der Waals surface area (Å²) in [6.07, 6.45) is 0.978. The van der Waals surface area contributed by atoms with Crippen molar-refractivity contribution in [2.24, 2.45) is 0 Å². The van der Waals surface area contributed by atoms with Crippen molar-refractivity contribution in [1.29, 1.82) is 0 Å². The first-order valence-electron chi connectivity index (χ1n) is 4.04. The fourth-order valence-electron chi connectivity index (χ4n) is 0.673. The molecule has 0 aromatic heterocycles. The normalized spacial score (nSPS) is 22.8. The molecule has 0 aliphatic carbocycles. The number of hydrogen-bond acceptors (Lipinski definition) is 4. The minimum atomic E-state index is 0.119. The van der Waals surface area contributed by atoms with E-state index in [0.29, 0.717) is 0 Å². The first-order chi connectivity index (χ1) is 5.66.